The van der Waals surface area contributed by atoms with Crippen LogP contribution in [-0.2, 0) is 22.7 Å². The lowest BCUT2D eigenvalue weighted by molar-refractivity contribution is -0.144. The van der Waals surface area contributed by atoms with E-state index in [0.29, 0.717) is 21.6 Å². The molecule has 0 radical (unpaired) electrons. The topological polar surface area (TPSA) is 117 Å². The Morgan fingerprint density at radius 2 is 1.78 bits per heavy atom. The van der Waals surface area contributed by atoms with Crippen molar-refractivity contribution in [2.75, 3.05) is 11.1 Å². The lowest BCUT2D eigenvalue weighted by Crippen LogP contribution is -3.00. The Balaban J connectivity index is 0.00000193. The predicted octanol–water partition coefficient (Wildman–Crippen LogP) is 0.477. The predicted molar refractivity (Wildman–Crippen MR) is 120 cm³/mol. The molecule has 2 aromatic carbocycles. The number of amides is 2. The van der Waals surface area contributed by atoms with Gasteiger partial charge < -0.3 is 28.4 Å². The zero-order valence-corrected chi connectivity index (χ0v) is 18.3. The third-order valence-electron chi connectivity index (χ3n) is 4.78. The summed E-state index contributed by atoms with van der Waals surface area (Å²) in [5, 5.41) is 10.4. The van der Waals surface area contributed by atoms with Crippen LogP contribution in [0.25, 0.3) is 10.9 Å². The maximum Gasteiger partial charge on any atom is 1.00 e. The molecule has 4 aromatic rings. The van der Waals surface area contributed by atoms with Gasteiger partial charge in [0.15, 0.2) is 0 Å². The molecule has 4 rings (SSSR count). The number of nitrogens with two attached hydrogens (primary N) is 1. The number of benzene rings is 2. The Morgan fingerprint density at radius 1 is 1.06 bits per heavy atom. The van der Waals surface area contributed by atoms with E-state index in [1.807, 2.05) is 48.5 Å². The first-order chi connectivity index (χ1) is 15.0. The standard InChI is InChI=1S/C22H19ClN6O2.ClH/c23-17-9-5-4-8-15(17)13-29(12-14-6-2-1-3-7-14)22(31)21(30)27-18-11-25-20(24)16-10-26-28-19(16)18;/h1-11H,12-13H2,(H2,24,25)(H,26,28)(H,27,30);1H. The number of H-pyrrole nitrogens is 1. The number of aromatic nitrogens is 3. The highest BCUT2D eigenvalue weighted by Crippen LogP contribution is 2.24. The lowest BCUT2D eigenvalue weighted by Gasteiger charge is -2.23. The number of anilines is 2. The van der Waals surface area contributed by atoms with Crippen molar-refractivity contribution in [3.05, 3.63) is 83.1 Å². The molecule has 0 unspecified atom stereocenters. The van der Waals surface area contributed by atoms with Crippen LogP contribution in [0.2, 0.25) is 5.02 Å². The van der Waals surface area contributed by atoms with E-state index in [-0.39, 0.29) is 32.7 Å². The molecule has 0 spiro atoms. The number of rotatable bonds is 5. The Kier molecular flexibility index (Phi) is 7.29. The SMILES string of the molecule is Nc1ncc(NC(=O)C(=O)N(Cc2ccccc2)Cc2ccccc2Cl)c2[nH]ncc12.[Cl-].[H+]. The van der Waals surface area contributed by atoms with Crippen molar-refractivity contribution in [3.63, 3.8) is 0 Å². The zero-order chi connectivity index (χ0) is 21.8. The molecule has 0 aliphatic rings. The Labute approximate surface area is 196 Å². The number of hydrogen-bond acceptors (Lipinski definition) is 5. The number of halogens is 2. The van der Waals surface area contributed by atoms with E-state index < -0.39 is 11.8 Å². The van der Waals surface area contributed by atoms with Crippen LogP contribution in [0, 0.1) is 0 Å². The number of nitrogens with zero attached hydrogens (tertiary/aromatic N) is 3. The Morgan fingerprint density at radius 3 is 2.53 bits per heavy atom. The normalized spacial score (nSPS) is 10.4. The number of carbonyl (C=O) groups is 2. The first-order valence-corrected chi connectivity index (χ1v) is 9.86. The molecule has 4 N–H and O–H groups in total. The van der Waals surface area contributed by atoms with E-state index in [1.54, 1.807) is 6.07 Å². The summed E-state index contributed by atoms with van der Waals surface area (Å²) in [6.45, 7) is 0.429. The second-order valence-corrected chi connectivity index (χ2v) is 7.32. The number of nitrogen functional groups attached to an aromatic ring is 1. The first-order valence-electron chi connectivity index (χ1n) is 9.48. The minimum absolute atomic E-state index is 0. The van der Waals surface area contributed by atoms with Crippen LogP contribution >= 0.6 is 11.6 Å². The minimum Gasteiger partial charge on any atom is -1.00 e. The smallest absolute Gasteiger partial charge is 1.00 e. The number of fused-ring (bicyclic) bond motifs is 1. The molecule has 0 bridgehead atoms. The van der Waals surface area contributed by atoms with Crippen molar-refractivity contribution in [1.29, 1.82) is 0 Å². The molecule has 10 heteroatoms. The number of nitrogens with one attached hydrogen (secondary N) is 2. The van der Waals surface area contributed by atoms with Crippen molar-refractivity contribution in [3.8, 4) is 0 Å². The van der Waals surface area contributed by atoms with E-state index in [0.717, 1.165) is 11.1 Å². The van der Waals surface area contributed by atoms with E-state index in [1.165, 1.54) is 17.3 Å². The molecule has 2 aromatic heterocycles. The maximum absolute atomic E-state index is 13.1. The van der Waals surface area contributed by atoms with Gasteiger partial charge in [0.25, 0.3) is 0 Å². The third kappa shape index (κ3) is 4.99. The molecule has 0 fully saturated rings. The minimum atomic E-state index is -0.801. The number of aromatic amines is 1. The summed E-state index contributed by atoms with van der Waals surface area (Å²) in [6.07, 6.45) is 2.89. The average Bonchev–Trinajstić information content (AvgIpc) is 3.28. The molecule has 0 saturated heterocycles. The van der Waals surface area contributed by atoms with Crippen molar-refractivity contribution in [1.82, 2.24) is 20.1 Å². The van der Waals surface area contributed by atoms with E-state index in [9.17, 15) is 9.59 Å². The molecule has 0 aliphatic heterocycles. The Bertz CT molecular complexity index is 1250. The summed E-state index contributed by atoms with van der Waals surface area (Å²) >= 11 is 6.28. The van der Waals surface area contributed by atoms with Gasteiger partial charge in [-0.15, -0.1) is 0 Å². The molecule has 0 saturated carbocycles. The van der Waals surface area contributed by atoms with Crippen LogP contribution in [0.4, 0.5) is 11.5 Å². The van der Waals surface area contributed by atoms with E-state index >= 15 is 0 Å². The molecule has 32 heavy (non-hydrogen) atoms. The first kappa shape index (κ1) is 23.1. The number of hydrogen-bond donors (Lipinski definition) is 3. The highest BCUT2D eigenvalue weighted by molar-refractivity contribution is 6.40. The van der Waals surface area contributed by atoms with Gasteiger partial charge in [-0.1, -0.05) is 60.1 Å². The van der Waals surface area contributed by atoms with Gasteiger partial charge in [-0.25, -0.2) is 4.98 Å². The van der Waals surface area contributed by atoms with Gasteiger partial charge in [0, 0.05) is 18.1 Å². The summed E-state index contributed by atoms with van der Waals surface area (Å²) in [4.78, 5) is 31.4. The zero-order valence-electron chi connectivity index (χ0n) is 17.8. The Hall–Kier alpha value is -3.62. The van der Waals surface area contributed by atoms with Gasteiger partial charge in [-0.05, 0) is 17.2 Å². The molecule has 8 nitrogen and oxygen atoms in total. The average molecular weight is 471 g/mol. The van der Waals surface area contributed by atoms with Crippen molar-refractivity contribution >= 4 is 45.8 Å². The molecular formula is C22H20Cl2N6O2. The number of pyridine rings is 1. The molecular weight excluding hydrogens is 451 g/mol. The summed E-state index contributed by atoms with van der Waals surface area (Å²) in [6, 6.07) is 16.6. The third-order valence-corrected chi connectivity index (χ3v) is 5.15. The van der Waals surface area contributed by atoms with Crippen LogP contribution in [-0.4, -0.2) is 31.9 Å². The van der Waals surface area contributed by atoms with Gasteiger partial charge in [0.05, 0.1) is 29.0 Å². The molecule has 0 atom stereocenters. The second kappa shape index (κ2) is 10.1. The number of carbonyl (C=O) groups excluding carboxylic acids is 2. The van der Waals surface area contributed by atoms with Gasteiger partial charge in [0.1, 0.15) is 5.82 Å². The molecule has 164 valence electrons. The van der Waals surface area contributed by atoms with Crippen molar-refractivity contribution in [2.24, 2.45) is 0 Å². The summed E-state index contributed by atoms with van der Waals surface area (Å²) in [7, 11) is 0. The van der Waals surface area contributed by atoms with E-state index in [2.05, 4.69) is 20.5 Å². The largest absolute Gasteiger partial charge is 1.00 e. The molecule has 2 amide bonds. The maximum atomic E-state index is 13.1. The van der Waals surface area contributed by atoms with Gasteiger partial charge in [-0.3, -0.25) is 14.7 Å². The van der Waals surface area contributed by atoms with Crippen LogP contribution in [0.3, 0.4) is 0 Å². The van der Waals surface area contributed by atoms with Gasteiger partial charge in [-0.2, -0.15) is 5.10 Å². The quantitative estimate of drug-likeness (QED) is 0.366. The van der Waals surface area contributed by atoms with Crippen LogP contribution in [0.1, 0.15) is 12.6 Å². The summed E-state index contributed by atoms with van der Waals surface area (Å²) < 4.78 is 0. The van der Waals surface area contributed by atoms with Crippen LogP contribution < -0.4 is 23.5 Å². The summed E-state index contributed by atoms with van der Waals surface area (Å²) in [5.41, 5.74) is 8.27. The van der Waals surface area contributed by atoms with Gasteiger partial charge in [0.2, 0.25) is 0 Å². The highest BCUT2D eigenvalue weighted by Gasteiger charge is 2.24. The lowest BCUT2D eigenvalue weighted by atomic mass is 10.1. The highest BCUT2D eigenvalue weighted by atomic mass is 35.5. The molecule has 0 aliphatic carbocycles. The van der Waals surface area contributed by atoms with Crippen LogP contribution in [0.5, 0.6) is 0 Å². The molecule has 2 heterocycles. The fourth-order valence-corrected chi connectivity index (χ4v) is 3.40. The summed E-state index contributed by atoms with van der Waals surface area (Å²) in [5.74, 6) is -1.23. The fraction of sp³-hybridized carbons (Fsp3) is 0.0909. The van der Waals surface area contributed by atoms with Crippen LogP contribution in [0.15, 0.2) is 67.0 Å². The fourth-order valence-electron chi connectivity index (χ4n) is 3.20. The van der Waals surface area contributed by atoms with Crippen molar-refractivity contribution < 1.29 is 23.4 Å². The monoisotopic (exact) mass is 470 g/mol. The second-order valence-electron chi connectivity index (χ2n) is 6.91. The van der Waals surface area contributed by atoms with E-state index in [4.69, 9.17) is 17.3 Å². The van der Waals surface area contributed by atoms with Gasteiger partial charge >= 0.3 is 13.2 Å². The van der Waals surface area contributed by atoms with Crippen molar-refractivity contribution in [2.45, 2.75) is 13.1 Å².